The standard InChI is InChI=1S/C24H23NO6/c1-5-9-30-21-11-14(3)20(10-15(21)4)25-22(27)18-8-7-16(12-19(18)23(25)28)24(29)31-13-17(26)6-2/h1,7-8,10-12,17,26H,6,9,13H2,2-4H3. The molecule has 7 nitrogen and oxygen atoms in total. The van der Waals surface area contributed by atoms with Gasteiger partial charge in [-0.15, -0.1) is 6.42 Å². The highest BCUT2D eigenvalue weighted by molar-refractivity contribution is 6.35. The van der Waals surface area contributed by atoms with Gasteiger partial charge in [0.25, 0.3) is 11.8 Å². The zero-order valence-corrected chi connectivity index (χ0v) is 17.6. The van der Waals surface area contributed by atoms with Crippen LogP contribution in [0.25, 0.3) is 0 Å². The fourth-order valence-electron chi connectivity index (χ4n) is 3.25. The minimum atomic E-state index is -0.754. The molecule has 0 aromatic heterocycles. The molecule has 1 unspecified atom stereocenters. The summed E-state index contributed by atoms with van der Waals surface area (Å²) in [6, 6.07) is 7.65. The number of aliphatic hydroxyl groups is 1. The van der Waals surface area contributed by atoms with Crippen LogP contribution in [-0.4, -0.2) is 42.2 Å². The second kappa shape index (κ2) is 9.02. The van der Waals surface area contributed by atoms with Crippen molar-refractivity contribution in [2.24, 2.45) is 0 Å². The van der Waals surface area contributed by atoms with Crippen LogP contribution in [0.15, 0.2) is 30.3 Å². The molecule has 0 bridgehead atoms. The van der Waals surface area contributed by atoms with Crippen LogP contribution in [0.3, 0.4) is 0 Å². The van der Waals surface area contributed by atoms with Crippen molar-refractivity contribution in [3.05, 3.63) is 58.1 Å². The monoisotopic (exact) mass is 421 g/mol. The van der Waals surface area contributed by atoms with E-state index in [2.05, 4.69) is 5.92 Å². The fraction of sp³-hybridized carbons (Fsp3) is 0.292. The number of carbonyl (C=O) groups excluding carboxylic acids is 3. The first-order valence-electron chi connectivity index (χ1n) is 9.84. The first kappa shape index (κ1) is 22.1. The van der Waals surface area contributed by atoms with Gasteiger partial charge in [0.1, 0.15) is 19.0 Å². The van der Waals surface area contributed by atoms with Gasteiger partial charge in [0.15, 0.2) is 0 Å². The Balaban J connectivity index is 1.89. The van der Waals surface area contributed by atoms with E-state index in [0.29, 0.717) is 23.4 Å². The number of hydrogen-bond acceptors (Lipinski definition) is 6. The Morgan fingerprint density at radius 3 is 2.52 bits per heavy atom. The molecule has 2 aromatic rings. The van der Waals surface area contributed by atoms with Crippen molar-refractivity contribution < 1.29 is 29.0 Å². The Labute approximate surface area is 180 Å². The molecule has 1 atom stereocenters. The molecule has 2 aromatic carbocycles. The summed E-state index contributed by atoms with van der Waals surface area (Å²) in [6.07, 6.45) is 4.93. The summed E-state index contributed by atoms with van der Waals surface area (Å²) in [6.45, 7) is 5.30. The smallest absolute Gasteiger partial charge is 0.338 e. The number of hydrogen-bond donors (Lipinski definition) is 1. The zero-order valence-electron chi connectivity index (χ0n) is 17.6. The number of amides is 2. The van der Waals surface area contributed by atoms with E-state index in [1.807, 2.05) is 0 Å². The Kier molecular flexibility index (Phi) is 6.42. The number of aliphatic hydroxyl groups excluding tert-OH is 1. The lowest BCUT2D eigenvalue weighted by molar-refractivity contribution is 0.0250. The zero-order chi connectivity index (χ0) is 22.7. The third-order valence-corrected chi connectivity index (χ3v) is 5.05. The molecule has 3 rings (SSSR count). The molecule has 0 saturated heterocycles. The van der Waals surface area contributed by atoms with Crippen molar-refractivity contribution in [2.75, 3.05) is 18.1 Å². The lowest BCUT2D eigenvalue weighted by atomic mass is 10.1. The molecule has 1 N–H and O–H groups in total. The number of nitrogens with zero attached hydrogens (tertiary/aromatic N) is 1. The highest BCUT2D eigenvalue weighted by Crippen LogP contribution is 2.34. The first-order chi connectivity index (χ1) is 14.8. The Hall–Kier alpha value is -3.63. The minimum absolute atomic E-state index is 0.112. The van der Waals surface area contributed by atoms with Gasteiger partial charge in [0.2, 0.25) is 0 Å². The van der Waals surface area contributed by atoms with Crippen LogP contribution in [0.1, 0.15) is 55.5 Å². The molecular formula is C24H23NO6. The summed E-state index contributed by atoms with van der Waals surface area (Å²) >= 11 is 0. The second-order valence-electron chi connectivity index (χ2n) is 7.26. The second-order valence-corrected chi connectivity index (χ2v) is 7.26. The number of benzene rings is 2. The van der Waals surface area contributed by atoms with Crippen LogP contribution < -0.4 is 9.64 Å². The fourth-order valence-corrected chi connectivity index (χ4v) is 3.25. The predicted octanol–water partition coefficient (Wildman–Crippen LogP) is 3.04. The Morgan fingerprint density at radius 2 is 1.84 bits per heavy atom. The van der Waals surface area contributed by atoms with Crippen molar-refractivity contribution in [2.45, 2.75) is 33.3 Å². The van der Waals surface area contributed by atoms with E-state index in [-0.39, 0.29) is 29.9 Å². The van der Waals surface area contributed by atoms with E-state index in [0.717, 1.165) is 10.5 Å². The average molecular weight is 421 g/mol. The molecule has 0 fully saturated rings. The van der Waals surface area contributed by atoms with Crippen molar-refractivity contribution >= 4 is 23.5 Å². The van der Waals surface area contributed by atoms with Crippen LogP contribution in [0.5, 0.6) is 5.75 Å². The molecule has 31 heavy (non-hydrogen) atoms. The lowest BCUT2D eigenvalue weighted by Gasteiger charge is -2.19. The SMILES string of the molecule is C#CCOc1cc(C)c(N2C(=O)c3ccc(C(=O)OCC(O)CC)cc3C2=O)cc1C. The summed E-state index contributed by atoms with van der Waals surface area (Å²) in [4.78, 5) is 39.4. The predicted molar refractivity (Wildman–Crippen MR) is 114 cm³/mol. The summed E-state index contributed by atoms with van der Waals surface area (Å²) < 4.78 is 10.6. The van der Waals surface area contributed by atoms with Gasteiger partial charge in [-0.2, -0.15) is 0 Å². The van der Waals surface area contributed by atoms with Crippen LogP contribution in [-0.2, 0) is 4.74 Å². The van der Waals surface area contributed by atoms with Crippen molar-refractivity contribution in [3.8, 4) is 18.1 Å². The van der Waals surface area contributed by atoms with Crippen LogP contribution in [0.2, 0.25) is 0 Å². The van der Waals surface area contributed by atoms with E-state index in [1.165, 1.54) is 18.2 Å². The number of aryl methyl sites for hydroxylation is 2. The third-order valence-electron chi connectivity index (χ3n) is 5.05. The maximum Gasteiger partial charge on any atom is 0.338 e. The van der Waals surface area contributed by atoms with Gasteiger partial charge in [0, 0.05) is 0 Å². The molecule has 1 aliphatic rings. The summed E-state index contributed by atoms with van der Waals surface area (Å²) in [5, 5.41) is 9.56. The number of imide groups is 1. The average Bonchev–Trinajstić information content (AvgIpc) is 3.01. The van der Waals surface area contributed by atoms with Gasteiger partial charge in [-0.3, -0.25) is 9.59 Å². The quantitative estimate of drug-likeness (QED) is 0.420. The maximum atomic E-state index is 13.1. The minimum Gasteiger partial charge on any atom is -0.481 e. The summed E-state index contributed by atoms with van der Waals surface area (Å²) in [5.41, 5.74) is 2.30. The summed E-state index contributed by atoms with van der Waals surface area (Å²) in [5.74, 6) is 1.31. The number of esters is 1. The molecule has 0 spiro atoms. The van der Waals surface area contributed by atoms with E-state index in [9.17, 15) is 19.5 Å². The van der Waals surface area contributed by atoms with E-state index in [4.69, 9.17) is 15.9 Å². The third kappa shape index (κ3) is 4.30. The van der Waals surface area contributed by atoms with Gasteiger partial charge in [0.05, 0.1) is 28.5 Å². The number of terminal acetylenes is 1. The molecule has 0 saturated carbocycles. The highest BCUT2D eigenvalue weighted by Gasteiger charge is 2.38. The van der Waals surface area contributed by atoms with Gasteiger partial charge >= 0.3 is 5.97 Å². The van der Waals surface area contributed by atoms with Gasteiger partial charge in [-0.05, 0) is 61.7 Å². The Bertz CT molecular complexity index is 1100. The normalized spacial score (nSPS) is 13.6. The number of carbonyl (C=O) groups is 3. The molecule has 0 radical (unpaired) electrons. The van der Waals surface area contributed by atoms with Crippen LogP contribution in [0, 0.1) is 26.2 Å². The number of anilines is 1. The molecule has 1 aliphatic heterocycles. The molecule has 2 amide bonds. The van der Waals surface area contributed by atoms with Crippen molar-refractivity contribution in [3.63, 3.8) is 0 Å². The summed E-state index contributed by atoms with van der Waals surface area (Å²) in [7, 11) is 0. The number of ether oxygens (including phenoxy) is 2. The van der Waals surface area contributed by atoms with Crippen molar-refractivity contribution in [1.82, 2.24) is 0 Å². The largest absolute Gasteiger partial charge is 0.481 e. The first-order valence-corrected chi connectivity index (χ1v) is 9.84. The molecular weight excluding hydrogens is 398 g/mol. The van der Waals surface area contributed by atoms with Crippen molar-refractivity contribution in [1.29, 1.82) is 0 Å². The molecule has 0 aliphatic carbocycles. The van der Waals surface area contributed by atoms with Gasteiger partial charge in [-0.25, -0.2) is 9.69 Å². The van der Waals surface area contributed by atoms with E-state index < -0.39 is 23.9 Å². The van der Waals surface area contributed by atoms with E-state index in [1.54, 1.807) is 32.9 Å². The van der Waals surface area contributed by atoms with Gasteiger partial charge < -0.3 is 14.6 Å². The lowest BCUT2D eigenvalue weighted by Crippen LogP contribution is -2.30. The number of rotatable bonds is 7. The van der Waals surface area contributed by atoms with E-state index >= 15 is 0 Å². The maximum absolute atomic E-state index is 13.1. The number of fused-ring (bicyclic) bond motifs is 1. The van der Waals surface area contributed by atoms with Gasteiger partial charge in [-0.1, -0.05) is 12.8 Å². The van der Waals surface area contributed by atoms with Crippen LogP contribution in [0.4, 0.5) is 5.69 Å². The van der Waals surface area contributed by atoms with Crippen LogP contribution >= 0.6 is 0 Å². The topological polar surface area (TPSA) is 93.1 Å². The Morgan fingerprint density at radius 1 is 1.13 bits per heavy atom. The highest BCUT2D eigenvalue weighted by atomic mass is 16.5. The molecule has 160 valence electrons. The molecule has 1 heterocycles. The molecule has 7 heteroatoms.